The van der Waals surface area contributed by atoms with Crippen molar-refractivity contribution in [2.45, 2.75) is 24.0 Å². The molecule has 1 N–H and O–H groups in total. The van der Waals surface area contributed by atoms with Crippen LogP contribution < -0.4 is 14.2 Å². The van der Waals surface area contributed by atoms with Gasteiger partial charge < -0.3 is 19.3 Å². The summed E-state index contributed by atoms with van der Waals surface area (Å²) in [6.07, 6.45) is -0.961. The summed E-state index contributed by atoms with van der Waals surface area (Å²) in [5.41, 5.74) is 2.81. The highest BCUT2D eigenvalue weighted by atomic mass is 79.9. The number of aryl methyl sites for hydroxylation is 1. The van der Waals surface area contributed by atoms with Crippen LogP contribution in [0.4, 0.5) is 0 Å². The summed E-state index contributed by atoms with van der Waals surface area (Å²) < 4.78 is 16.8. The van der Waals surface area contributed by atoms with Gasteiger partial charge in [0.15, 0.2) is 11.5 Å². The van der Waals surface area contributed by atoms with Crippen molar-refractivity contribution in [3.05, 3.63) is 53.1 Å². The maximum atomic E-state index is 10.6. The number of hydrogen-bond donors (Lipinski definition) is 1. The van der Waals surface area contributed by atoms with Gasteiger partial charge in [-0.3, -0.25) is 0 Å². The lowest BCUT2D eigenvalue weighted by molar-refractivity contribution is 0.0765. The molecule has 0 aliphatic carbocycles. The number of aliphatic hydroxyl groups is 1. The highest BCUT2D eigenvalue weighted by Gasteiger charge is 2.37. The molecule has 0 bridgehead atoms. The maximum absolute atomic E-state index is 10.6. The maximum Gasteiger partial charge on any atom is 0.161 e. The van der Waals surface area contributed by atoms with Crippen LogP contribution in [0.5, 0.6) is 17.2 Å². The second-order valence-corrected chi connectivity index (χ2v) is 6.64. The number of rotatable bonds is 3. The molecule has 2 aromatic rings. The molecule has 3 rings (SSSR count). The topological polar surface area (TPSA) is 47.9 Å². The number of benzene rings is 2. The molecule has 0 aromatic heterocycles. The molecule has 0 saturated heterocycles. The van der Waals surface area contributed by atoms with E-state index in [0.29, 0.717) is 17.2 Å². The molecule has 1 aliphatic heterocycles. The van der Waals surface area contributed by atoms with E-state index in [4.69, 9.17) is 14.2 Å². The summed E-state index contributed by atoms with van der Waals surface area (Å²) in [6, 6.07) is 11.5. The third kappa shape index (κ3) is 2.91. The summed E-state index contributed by atoms with van der Waals surface area (Å²) >= 11 is 3.59. The van der Waals surface area contributed by atoms with E-state index in [9.17, 15) is 5.11 Å². The summed E-state index contributed by atoms with van der Waals surface area (Å²) in [6.45, 7) is 2.00. The summed E-state index contributed by atoms with van der Waals surface area (Å²) in [5, 5.41) is 10.6. The molecule has 0 unspecified atom stereocenters. The number of aliphatic hydroxyl groups excluding tert-OH is 1. The third-order valence-corrected chi connectivity index (χ3v) is 5.05. The van der Waals surface area contributed by atoms with Crippen LogP contribution in [-0.2, 0) is 0 Å². The van der Waals surface area contributed by atoms with Gasteiger partial charge >= 0.3 is 0 Å². The van der Waals surface area contributed by atoms with Gasteiger partial charge in [-0.15, -0.1) is 0 Å². The lowest BCUT2D eigenvalue weighted by Crippen LogP contribution is -2.30. The van der Waals surface area contributed by atoms with E-state index in [1.807, 2.05) is 43.3 Å². The first-order valence-electron chi connectivity index (χ1n) is 7.36. The van der Waals surface area contributed by atoms with Gasteiger partial charge in [0.1, 0.15) is 11.9 Å². The Bertz CT molecular complexity index is 716. The second-order valence-electron chi connectivity index (χ2n) is 5.58. The van der Waals surface area contributed by atoms with Crippen molar-refractivity contribution in [3.63, 3.8) is 0 Å². The van der Waals surface area contributed by atoms with E-state index in [2.05, 4.69) is 15.9 Å². The first-order valence-corrected chi connectivity index (χ1v) is 8.28. The minimum absolute atomic E-state index is 0.255. The molecule has 4 nitrogen and oxygen atoms in total. The minimum Gasteiger partial charge on any atom is -0.493 e. The van der Waals surface area contributed by atoms with E-state index in [-0.39, 0.29) is 10.9 Å². The number of halogens is 1. The molecule has 0 radical (unpaired) electrons. The van der Waals surface area contributed by atoms with Gasteiger partial charge in [0, 0.05) is 5.56 Å². The van der Waals surface area contributed by atoms with Gasteiger partial charge in [-0.2, -0.15) is 0 Å². The van der Waals surface area contributed by atoms with Crippen molar-refractivity contribution in [3.8, 4) is 17.2 Å². The fraction of sp³-hybridized carbons (Fsp3) is 0.333. The number of ether oxygens (including phenoxy) is 3. The second kappa shape index (κ2) is 6.42. The number of alkyl halides is 1. The molecular formula is C18H19BrO4. The Hall–Kier alpha value is -1.72. The van der Waals surface area contributed by atoms with E-state index < -0.39 is 6.10 Å². The third-order valence-electron chi connectivity index (χ3n) is 4.06. The molecule has 5 heteroatoms. The van der Waals surface area contributed by atoms with Crippen molar-refractivity contribution in [2.75, 3.05) is 14.2 Å². The van der Waals surface area contributed by atoms with Crippen LogP contribution in [-0.4, -0.2) is 24.2 Å². The highest BCUT2D eigenvalue weighted by Crippen LogP contribution is 2.45. The Labute approximate surface area is 144 Å². The Morgan fingerprint density at radius 2 is 1.78 bits per heavy atom. The smallest absolute Gasteiger partial charge is 0.161 e. The van der Waals surface area contributed by atoms with Crippen molar-refractivity contribution >= 4 is 15.9 Å². The Balaban J connectivity index is 1.99. The number of fused-ring (bicyclic) bond motifs is 1. The zero-order chi connectivity index (χ0) is 16.6. The van der Waals surface area contributed by atoms with Crippen LogP contribution in [0.25, 0.3) is 0 Å². The van der Waals surface area contributed by atoms with Crippen molar-refractivity contribution in [1.29, 1.82) is 0 Å². The highest BCUT2D eigenvalue weighted by molar-refractivity contribution is 9.09. The number of hydrogen-bond acceptors (Lipinski definition) is 4. The van der Waals surface area contributed by atoms with Crippen LogP contribution in [0.15, 0.2) is 36.4 Å². The van der Waals surface area contributed by atoms with Crippen LogP contribution in [0.1, 0.15) is 28.9 Å². The van der Waals surface area contributed by atoms with E-state index in [1.165, 1.54) is 0 Å². The largest absolute Gasteiger partial charge is 0.493 e. The molecule has 2 aromatic carbocycles. The zero-order valence-electron chi connectivity index (χ0n) is 13.2. The fourth-order valence-corrected chi connectivity index (χ4v) is 3.52. The summed E-state index contributed by atoms with van der Waals surface area (Å²) in [7, 11) is 3.20. The lowest BCUT2D eigenvalue weighted by atomic mass is 9.93. The molecule has 23 heavy (non-hydrogen) atoms. The summed E-state index contributed by atoms with van der Waals surface area (Å²) in [5.74, 6) is 2.01. The molecule has 0 spiro atoms. The van der Waals surface area contributed by atoms with Gasteiger partial charge in [-0.1, -0.05) is 33.6 Å². The molecule has 0 amide bonds. The van der Waals surface area contributed by atoms with Gasteiger partial charge in [-0.05, 0) is 36.8 Å². The summed E-state index contributed by atoms with van der Waals surface area (Å²) in [4.78, 5) is -0.255. The van der Waals surface area contributed by atoms with Crippen LogP contribution in [0, 0.1) is 6.92 Å². The normalized spacial score (nSPS) is 22.9. The first-order chi connectivity index (χ1) is 11.0. The van der Waals surface area contributed by atoms with Crippen molar-refractivity contribution in [2.24, 2.45) is 0 Å². The van der Waals surface area contributed by atoms with Crippen LogP contribution in [0.3, 0.4) is 0 Å². The Morgan fingerprint density at radius 1 is 1.04 bits per heavy atom. The molecule has 0 saturated carbocycles. The predicted octanol–water partition coefficient (Wildman–Crippen LogP) is 3.94. The first kappa shape index (κ1) is 16.1. The van der Waals surface area contributed by atoms with E-state index >= 15 is 0 Å². The predicted molar refractivity (Wildman–Crippen MR) is 91.8 cm³/mol. The van der Waals surface area contributed by atoms with E-state index in [0.717, 1.165) is 16.7 Å². The average molecular weight is 379 g/mol. The molecular weight excluding hydrogens is 360 g/mol. The molecule has 0 fully saturated rings. The van der Waals surface area contributed by atoms with Crippen LogP contribution in [0.2, 0.25) is 0 Å². The monoisotopic (exact) mass is 378 g/mol. The number of methoxy groups -OCH3 is 2. The van der Waals surface area contributed by atoms with Gasteiger partial charge in [0.05, 0.1) is 25.2 Å². The van der Waals surface area contributed by atoms with Gasteiger partial charge in [-0.25, -0.2) is 0 Å². The van der Waals surface area contributed by atoms with Crippen molar-refractivity contribution in [1.82, 2.24) is 0 Å². The zero-order valence-corrected chi connectivity index (χ0v) is 14.8. The Morgan fingerprint density at radius 3 is 2.48 bits per heavy atom. The van der Waals surface area contributed by atoms with Crippen molar-refractivity contribution < 1.29 is 19.3 Å². The average Bonchev–Trinajstić information content (AvgIpc) is 2.58. The standard InChI is InChI=1S/C18H19BrO4/c1-10-4-6-13-12(8-10)17(20)16(19)18(23-13)11-5-7-14(21-2)15(9-11)22-3/h4-9,16-18,20H,1-3H3/t16-,17+,18+/m0/s1. The van der Waals surface area contributed by atoms with E-state index in [1.54, 1.807) is 14.2 Å². The SMILES string of the molecule is COc1ccc([C@H]2Oc3ccc(C)cc3[C@@H](O)[C@@H]2Br)cc1OC. The molecule has 1 heterocycles. The Kier molecular flexibility index (Phi) is 4.50. The quantitative estimate of drug-likeness (QED) is 0.821. The molecule has 122 valence electrons. The fourth-order valence-electron chi connectivity index (χ4n) is 2.83. The van der Waals surface area contributed by atoms with Crippen LogP contribution >= 0.6 is 15.9 Å². The molecule has 3 atom stereocenters. The molecule has 1 aliphatic rings. The minimum atomic E-state index is -0.642. The van der Waals surface area contributed by atoms with Gasteiger partial charge in [0.2, 0.25) is 0 Å². The lowest BCUT2D eigenvalue weighted by Gasteiger charge is -2.34. The van der Waals surface area contributed by atoms with Gasteiger partial charge in [0.25, 0.3) is 0 Å².